The van der Waals surface area contributed by atoms with Crippen LogP contribution < -0.4 is 10.9 Å². The monoisotopic (exact) mass is 480 g/mol. The van der Waals surface area contributed by atoms with Crippen molar-refractivity contribution in [3.63, 3.8) is 0 Å². The summed E-state index contributed by atoms with van der Waals surface area (Å²) in [4.78, 5) is 33.2. The van der Waals surface area contributed by atoms with Gasteiger partial charge in [-0.2, -0.15) is 5.26 Å². The van der Waals surface area contributed by atoms with Gasteiger partial charge in [-0.3, -0.25) is 14.2 Å². The van der Waals surface area contributed by atoms with Crippen molar-refractivity contribution in [3.8, 4) is 11.8 Å². The van der Waals surface area contributed by atoms with Crippen molar-refractivity contribution in [1.29, 1.82) is 5.26 Å². The lowest BCUT2D eigenvalue weighted by Gasteiger charge is -2.22. The average molecular weight is 481 g/mol. The molecule has 4 rings (SSSR count). The van der Waals surface area contributed by atoms with Crippen molar-refractivity contribution in [2.45, 2.75) is 70.5 Å². The first kappa shape index (κ1) is 23.5. The molecule has 33 heavy (non-hydrogen) atoms. The van der Waals surface area contributed by atoms with Gasteiger partial charge < -0.3 is 5.32 Å². The Morgan fingerprint density at radius 1 is 1.30 bits per heavy atom. The molecule has 1 amide bonds. The first-order valence-electron chi connectivity index (χ1n) is 11.3. The second-order valence-electron chi connectivity index (χ2n) is 8.66. The van der Waals surface area contributed by atoms with Gasteiger partial charge in [0.05, 0.1) is 22.9 Å². The molecule has 1 fully saturated rings. The number of aryl methyl sites for hydroxylation is 3. The van der Waals surface area contributed by atoms with Gasteiger partial charge in [-0.25, -0.2) is 4.98 Å². The first-order chi connectivity index (χ1) is 15.8. The van der Waals surface area contributed by atoms with Crippen LogP contribution in [0, 0.1) is 32.1 Å². The van der Waals surface area contributed by atoms with Gasteiger partial charge in [-0.05, 0) is 75.6 Å². The van der Waals surface area contributed by atoms with Gasteiger partial charge in [-0.1, -0.05) is 30.8 Å². The van der Waals surface area contributed by atoms with E-state index in [1.54, 1.807) is 4.57 Å². The third kappa shape index (κ3) is 4.32. The topological polar surface area (TPSA) is 87.8 Å². The molecule has 0 spiro atoms. The summed E-state index contributed by atoms with van der Waals surface area (Å²) in [7, 11) is 0. The van der Waals surface area contributed by atoms with Crippen LogP contribution in [0.3, 0.4) is 0 Å². The molecule has 172 valence electrons. The van der Waals surface area contributed by atoms with Gasteiger partial charge >= 0.3 is 0 Å². The average Bonchev–Trinajstić information content (AvgIpc) is 3.38. The zero-order chi connectivity index (χ0) is 23.8. The Balaban J connectivity index is 1.77. The minimum atomic E-state index is -0.761. The Kier molecular flexibility index (Phi) is 6.64. The molecule has 0 bridgehead atoms. The summed E-state index contributed by atoms with van der Waals surface area (Å²) >= 11 is 2.77. The summed E-state index contributed by atoms with van der Waals surface area (Å²) in [5.74, 6) is -0.112. The molecule has 0 atom stereocenters. The van der Waals surface area contributed by atoms with Crippen LogP contribution in [-0.4, -0.2) is 26.8 Å². The number of thioether (sulfide) groups is 1. The van der Waals surface area contributed by atoms with E-state index in [1.165, 1.54) is 23.1 Å². The van der Waals surface area contributed by atoms with Gasteiger partial charge in [0.1, 0.15) is 10.4 Å². The van der Waals surface area contributed by atoms with E-state index in [4.69, 9.17) is 4.98 Å². The van der Waals surface area contributed by atoms with E-state index in [1.807, 2.05) is 39.0 Å². The van der Waals surface area contributed by atoms with Crippen molar-refractivity contribution in [3.05, 3.63) is 50.1 Å². The van der Waals surface area contributed by atoms with E-state index in [0.29, 0.717) is 28.2 Å². The number of thiophene rings is 1. The number of fused-ring (bicyclic) bond motifs is 1. The molecule has 1 aliphatic carbocycles. The maximum absolute atomic E-state index is 13.8. The summed E-state index contributed by atoms with van der Waals surface area (Å²) in [6.07, 6.45) is 4.03. The van der Waals surface area contributed by atoms with Crippen LogP contribution in [-0.2, 0) is 11.2 Å². The zero-order valence-electron chi connectivity index (χ0n) is 19.4. The minimum absolute atomic E-state index is 0.0945. The van der Waals surface area contributed by atoms with Gasteiger partial charge in [0.25, 0.3) is 5.56 Å². The molecule has 0 unspecified atom stereocenters. The van der Waals surface area contributed by atoms with Crippen LogP contribution in [0.2, 0.25) is 0 Å². The number of amides is 1. The number of hydrogen-bond acceptors (Lipinski definition) is 6. The zero-order valence-corrected chi connectivity index (χ0v) is 21.1. The Labute approximate surface area is 202 Å². The quantitative estimate of drug-likeness (QED) is 0.397. The highest BCUT2D eigenvalue weighted by atomic mass is 32.2. The van der Waals surface area contributed by atoms with Gasteiger partial charge in [-0.15, -0.1) is 11.3 Å². The molecular weight excluding hydrogens is 452 g/mol. The molecule has 0 saturated heterocycles. The fraction of sp³-hybridized carbons (Fsp3) is 0.440. The largest absolute Gasteiger partial charge is 0.337 e. The Hall–Kier alpha value is -2.63. The molecule has 1 saturated carbocycles. The number of carbonyl (C=O) groups is 1. The van der Waals surface area contributed by atoms with Crippen molar-refractivity contribution in [2.24, 2.45) is 0 Å². The molecule has 3 aromatic rings. The van der Waals surface area contributed by atoms with Crippen LogP contribution in [0.5, 0.6) is 0 Å². The Morgan fingerprint density at radius 2 is 2.03 bits per heavy atom. The van der Waals surface area contributed by atoms with E-state index in [-0.39, 0.29) is 17.2 Å². The molecule has 0 radical (unpaired) electrons. The summed E-state index contributed by atoms with van der Waals surface area (Å²) in [6.45, 7) is 8.09. The maximum Gasteiger partial charge on any atom is 0.267 e. The van der Waals surface area contributed by atoms with Crippen LogP contribution in [0.1, 0.15) is 54.2 Å². The molecule has 2 heterocycles. The Morgan fingerprint density at radius 3 is 2.70 bits per heavy atom. The first-order valence-corrected chi connectivity index (χ1v) is 13.1. The lowest BCUT2D eigenvalue weighted by molar-refractivity contribution is -0.119. The number of aromatic nitrogens is 2. The van der Waals surface area contributed by atoms with Gasteiger partial charge in [0.15, 0.2) is 5.16 Å². The van der Waals surface area contributed by atoms with Gasteiger partial charge in [0.2, 0.25) is 5.91 Å². The van der Waals surface area contributed by atoms with E-state index in [0.717, 1.165) is 46.5 Å². The number of carbonyl (C=O) groups excluding carboxylic acids is 1. The van der Waals surface area contributed by atoms with Crippen molar-refractivity contribution in [1.82, 2.24) is 14.9 Å². The molecule has 0 aliphatic heterocycles. The van der Waals surface area contributed by atoms with Crippen LogP contribution in [0.25, 0.3) is 15.9 Å². The highest BCUT2D eigenvalue weighted by Crippen LogP contribution is 2.32. The molecule has 1 N–H and O–H groups in total. The molecule has 1 aromatic carbocycles. The van der Waals surface area contributed by atoms with E-state index in [2.05, 4.69) is 18.3 Å². The SMILES string of the molecule is CCc1c(C)sc2nc(SCC(=O)NC3(C#N)CCCC3)n(-c3cccc(C)c3C)c(=O)c12. The standard InChI is InChI=1S/C25H28N4O2S2/c1-5-18-17(4)33-22-21(18)23(31)29(19-10-8-9-15(2)16(19)3)24(27-22)32-13-20(30)28-25(14-26)11-6-7-12-25/h8-10H,5-7,11-13H2,1-4H3,(H,28,30). The molecule has 1 aliphatic rings. The number of rotatable bonds is 6. The predicted molar refractivity (Wildman–Crippen MR) is 134 cm³/mol. The fourth-order valence-electron chi connectivity index (χ4n) is 4.59. The lowest BCUT2D eigenvalue weighted by atomic mass is 10.0. The van der Waals surface area contributed by atoms with Crippen LogP contribution in [0.15, 0.2) is 28.2 Å². The second-order valence-corrected chi connectivity index (χ2v) is 10.8. The fourth-order valence-corrected chi connectivity index (χ4v) is 6.55. The summed E-state index contributed by atoms with van der Waals surface area (Å²) in [6, 6.07) is 8.18. The van der Waals surface area contributed by atoms with Crippen LogP contribution in [0.4, 0.5) is 0 Å². The highest BCUT2D eigenvalue weighted by Gasteiger charge is 2.35. The van der Waals surface area contributed by atoms with Crippen molar-refractivity contribution < 1.29 is 4.79 Å². The summed E-state index contributed by atoms with van der Waals surface area (Å²) < 4.78 is 1.66. The maximum atomic E-state index is 13.8. The lowest BCUT2D eigenvalue weighted by Crippen LogP contribution is -2.45. The van der Waals surface area contributed by atoms with Crippen LogP contribution >= 0.6 is 23.1 Å². The van der Waals surface area contributed by atoms with Gasteiger partial charge in [0, 0.05) is 4.88 Å². The number of nitrogens with zero attached hydrogens (tertiary/aromatic N) is 3. The summed E-state index contributed by atoms with van der Waals surface area (Å²) in [5, 5.41) is 13.7. The van der Waals surface area contributed by atoms with Crippen molar-refractivity contribution in [2.75, 3.05) is 5.75 Å². The number of nitrogens with one attached hydrogen (secondary N) is 1. The smallest absolute Gasteiger partial charge is 0.267 e. The third-order valence-electron chi connectivity index (χ3n) is 6.55. The summed E-state index contributed by atoms with van der Waals surface area (Å²) in [5.41, 5.74) is 3.06. The van der Waals surface area contributed by atoms with Crippen molar-refractivity contribution >= 4 is 39.2 Å². The number of nitriles is 1. The normalized spacial score (nSPS) is 15.0. The molecular formula is C25H28N4O2S2. The second kappa shape index (κ2) is 9.32. The highest BCUT2D eigenvalue weighted by molar-refractivity contribution is 7.99. The number of hydrogen-bond donors (Lipinski definition) is 1. The molecule has 8 heteroatoms. The van der Waals surface area contributed by atoms with E-state index >= 15 is 0 Å². The van der Waals surface area contributed by atoms with E-state index in [9.17, 15) is 14.9 Å². The van der Waals surface area contributed by atoms with E-state index < -0.39 is 5.54 Å². The molecule has 6 nitrogen and oxygen atoms in total. The number of benzene rings is 1. The third-order valence-corrected chi connectivity index (χ3v) is 8.53. The Bertz CT molecular complexity index is 1330. The minimum Gasteiger partial charge on any atom is -0.337 e. The predicted octanol–water partition coefficient (Wildman–Crippen LogP) is 4.98. The molecule has 2 aromatic heterocycles.